The van der Waals surface area contributed by atoms with Gasteiger partial charge in [-0.3, -0.25) is 5.32 Å². The van der Waals surface area contributed by atoms with Crippen LogP contribution in [0.15, 0.2) is 24.3 Å². The average Bonchev–Trinajstić information content (AvgIpc) is 2.79. The quantitative estimate of drug-likeness (QED) is 0.486. The third-order valence-electron chi connectivity index (χ3n) is 5.30. The number of anilines is 2. The highest BCUT2D eigenvalue weighted by Gasteiger charge is 2.26. The Morgan fingerprint density at radius 1 is 1.00 bits per heavy atom. The second-order valence-corrected chi connectivity index (χ2v) is 7.25. The highest BCUT2D eigenvalue weighted by Crippen LogP contribution is 2.28. The molecule has 7 nitrogen and oxygen atoms in total. The molecule has 0 unspecified atom stereocenters. The molecule has 168 valence electrons. The van der Waals surface area contributed by atoms with Crippen LogP contribution in [0.2, 0.25) is 0 Å². The molecule has 4 rings (SSSR count). The van der Waals surface area contributed by atoms with Crippen LogP contribution in [0.4, 0.5) is 33.9 Å². The Labute approximate surface area is 180 Å². The van der Waals surface area contributed by atoms with Gasteiger partial charge in [0.25, 0.3) is 5.88 Å². The van der Waals surface area contributed by atoms with E-state index in [2.05, 4.69) is 15.3 Å². The minimum absolute atomic E-state index is 0.00872. The first-order valence-electron chi connectivity index (χ1n) is 9.74. The van der Waals surface area contributed by atoms with E-state index < -0.39 is 29.3 Å². The molecule has 11 heteroatoms. The van der Waals surface area contributed by atoms with E-state index >= 15 is 0 Å². The summed E-state index contributed by atoms with van der Waals surface area (Å²) < 4.78 is 59.6. The minimum Gasteiger partial charge on any atom is -0.478 e. The first-order valence-corrected chi connectivity index (χ1v) is 9.74. The molecule has 1 aromatic heterocycles. The second-order valence-electron chi connectivity index (χ2n) is 7.25. The monoisotopic (exact) mass is 449 g/mol. The first-order chi connectivity index (χ1) is 15.3. The summed E-state index contributed by atoms with van der Waals surface area (Å²) in [5.41, 5.74) is 0.913. The summed E-state index contributed by atoms with van der Waals surface area (Å²) in [6, 6.07) is 4.37. The van der Waals surface area contributed by atoms with Gasteiger partial charge in [0.2, 0.25) is 0 Å². The van der Waals surface area contributed by atoms with Crippen molar-refractivity contribution >= 4 is 28.6 Å². The zero-order valence-corrected chi connectivity index (χ0v) is 17.3. The molecular formula is C21H19F4N5O2. The number of fused-ring (bicyclic) bond motifs is 1. The number of aromatic nitrogens is 2. The lowest BCUT2D eigenvalue weighted by molar-refractivity contribution is 0.208. The number of halogens is 4. The zero-order valence-electron chi connectivity index (χ0n) is 17.3. The number of rotatable bonds is 3. The predicted octanol–water partition coefficient (Wildman–Crippen LogP) is 3.86. The van der Waals surface area contributed by atoms with Crippen LogP contribution in [0.5, 0.6) is 5.88 Å². The van der Waals surface area contributed by atoms with E-state index in [4.69, 9.17) is 4.74 Å². The van der Waals surface area contributed by atoms with Crippen molar-refractivity contribution in [3.05, 3.63) is 53.1 Å². The van der Waals surface area contributed by atoms with E-state index in [0.29, 0.717) is 18.6 Å². The second kappa shape index (κ2) is 8.48. The molecule has 1 aliphatic heterocycles. The molecule has 0 radical (unpaired) electrons. The standard InChI is InChI=1S/C21H19F4N5O2/c1-11-16(10-13(23)18(25)17(11)24)29-5-7-30(8-6-29)21(31)28-19-20(32-2)27-15-9-12(22)3-4-14(15)26-19/h3-4,9-10H,5-8H2,1-2H3,(H,26,28,31). The number of piperazine rings is 1. The summed E-state index contributed by atoms with van der Waals surface area (Å²) in [5.74, 6) is -4.34. The molecule has 1 fully saturated rings. The number of nitrogens with one attached hydrogen (secondary N) is 1. The van der Waals surface area contributed by atoms with Crippen molar-refractivity contribution in [2.45, 2.75) is 6.92 Å². The summed E-state index contributed by atoms with van der Waals surface area (Å²) in [5, 5.41) is 2.64. The smallest absolute Gasteiger partial charge is 0.323 e. The molecule has 0 saturated carbocycles. The first kappa shape index (κ1) is 21.6. The summed E-state index contributed by atoms with van der Waals surface area (Å²) in [4.78, 5) is 24.4. The summed E-state index contributed by atoms with van der Waals surface area (Å²) in [6.45, 7) is 2.46. The van der Waals surface area contributed by atoms with Crippen molar-refractivity contribution in [3.63, 3.8) is 0 Å². The maximum Gasteiger partial charge on any atom is 0.323 e. The van der Waals surface area contributed by atoms with Gasteiger partial charge in [-0.1, -0.05) is 0 Å². The van der Waals surface area contributed by atoms with Crippen molar-refractivity contribution in [1.82, 2.24) is 14.9 Å². The van der Waals surface area contributed by atoms with Crippen LogP contribution in [0.1, 0.15) is 5.56 Å². The van der Waals surface area contributed by atoms with Gasteiger partial charge in [-0.15, -0.1) is 0 Å². The summed E-state index contributed by atoms with van der Waals surface area (Å²) >= 11 is 0. The van der Waals surface area contributed by atoms with E-state index in [0.717, 1.165) is 6.07 Å². The number of benzene rings is 2. The normalized spacial score (nSPS) is 14.1. The number of carbonyl (C=O) groups excluding carboxylic acids is 1. The topological polar surface area (TPSA) is 70.6 Å². The SMILES string of the molecule is COc1nc2cc(F)ccc2nc1NC(=O)N1CCN(c2cc(F)c(F)c(F)c2C)CC1. The highest BCUT2D eigenvalue weighted by atomic mass is 19.2. The fourth-order valence-electron chi connectivity index (χ4n) is 3.57. The molecular weight excluding hydrogens is 430 g/mol. The van der Waals surface area contributed by atoms with E-state index in [9.17, 15) is 22.4 Å². The van der Waals surface area contributed by atoms with E-state index in [1.165, 1.54) is 37.1 Å². The Balaban J connectivity index is 1.47. The number of nitrogens with zero attached hydrogens (tertiary/aromatic N) is 4. The van der Waals surface area contributed by atoms with Crippen molar-refractivity contribution in [2.24, 2.45) is 0 Å². The van der Waals surface area contributed by atoms with Gasteiger partial charge in [0.05, 0.1) is 18.1 Å². The molecule has 2 heterocycles. The Hall–Kier alpha value is -3.63. The van der Waals surface area contributed by atoms with Crippen molar-refractivity contribution in [1.29, 1.82) is 0 Å². The molecule has 32 heavy (non-hydrogen) atoms. The lowest BCUT2D eigenvalue weighted by Crippen LogP contribution is -2.50. The molecule has 2 aromatic carbocycles. The van der Waals surface area contributed by atoms with E-state index in [1.807, 2.05) is 0 Å². The van der Waals surface area contributed by atoms with Crippen LogP contribution in [0.3, 0.4) is 0 Å². The van der Waals surface area contributed by atoms with Crippen LogP contribution < -0.4 is 15.0 Å². The Morgan fingerprint density at radius 3 is 2.41 bits per heavy atom. The van der Waals surface area contributed by atoms with Gasteiger partial charge in [-0.05, 0) is 19.1 Å². The lowest BCUT2D eigenvalue weighted by Gasteiger charge is -2.36. The maximum atomic E-state index is 13.9. The highest BCUT2D eigenvalue weighted by molar-refractivity contribution is 5.91. The van der Waals surface area contributed by atoms with Gasteiger partial charge < -0.3 is 14.5 Å². The van der Waals surface area contributed by atoms with E-state index in [1.54, 1.807) is 4.90 Å². The fourth-order valence-corrected chi connectivity index (χ4v) is 3.57. The van der Waals surface area contributed by atoms with E-state index in [-0.39, 0.29) is 41.6 Å². The van der Waals surface area contributed by atoms with Crippen molar-refractivity contribution in [3.8, 4) is 5.88 Å². The minimum atomic E-state index is -1.50. The molecule has 3 aromatic rings. The van der Waals surface area contributed by atoms with Gasteiger partial charge in [-0.25, -0.2) is 32.3 Å². The Morgan fingerprint density at radius 2 is 1.72 bits per heavy atom. The number of hydrogen-bond donors (Lipinski definition) is 1. The van der Waals surface area contributed by atoms with Crippen LogP contribution in [0.25, 0.3) is 11.0 Å². The Kier molecular flexibility index (Phi) is 5.72. The van der Waals surface area contributed by atoms with Crippen molar-refractivity contribution < 1.29 is 27.1 Å². The molecule has 0 spiro atoms. The number of hydrogen-bond acceptors (Lipinski definition) is 5. The molecule has 2 amide bonds. The maximum absolute atomic E-state index is 13.9. The molecule has 0 bridgehead atoms. The van der Waals surface area contributed by atoms with Crippen LogP contribution in [-0.4, -0.2) is 54.2 Å². The lowest BCUT2D eigenvalue weighted by atomic mass is 10.1. The molecule has 1 aliphatic rings. The molecule has 1 saturated heterocycles. The third-order valence-corrected chi connectivity index (χ3v) is 5.30. The molecule has 1 N–H and O–H groups in total. The van der Waals surface area contributed by atoms with Crippen molar-refractivity contribution in [2.75, 3.05) is 43.5 Å². The Bertz CT molecular complexity index is 1200. The van der Waals surface area contributed by atoms with Crippen LogP contribution in [-0.2, 0) is 0 Å². The number of urea groups is 1. The van der Waals surface area contributed by atoms with Crippen LogP contribution in [0, 0.1) is 30.2 Å². The van der Waals surface area contributed by atoms with Gasteiger partial charge in [0.1, 0.15) is 5.82 Å². The number of carbonyl (C=O) groups is 1. The summed E-state index contributed by atoms with van der Waals surface area (Å²) in [7, 11) is 1.35. The zero-order chi connectivity index (χ0) is 23.0. The predicted molar refractivity (Wildman–Crippen MR) is 110 cm³/mol. The third kappa shape index (κ3) is 3.97. The van der Waals surface area contributed by atoms with Crippen LogP contribution >= 0.6 is 0 Å². The molecule has 0 atom stereocenters. The number of methoxy groups -OCH3 is 1. The van der Waals surface area contributed by atoms with Gasteiger partial charge in [0, 0.05) is 49.6 Å². The summed E-state index contributed by atoms with van der Waals surface area (Å²) in [6.07, 6.45) is 0. The van der Waals surface area contributed by atoms with Gasteiger partial charge in [-0.2, -0.15) is 0 Å². The average molecular weight is 449 g/mol. The number of amides is 2. The van der Waals surface area contributed by atoms with Gasteiger partial charge in [0.15, 0.2) is 23.3 Å². The number of ether oxygens (including phenoxy) is 1. The van der Waals surface area contributed by atoms with Gasteiger partial charge >= 0.3 is 6.03 Å². The largest absolute Gasteiger partial charge is 0.478 e. The fraction of sp³-hybridized carbons (Fsp3) is 0.286. The molecule has 0 aliphatic carbocycles.